The molecule has 1 aromatic carbocycles. The van der Waals surface area contributed by atoms with Crippen LogP contribution in [0.15, 0.2) is 18.2 Å². The molecule has 4 nitrogen and oxygen atoms in total. The third-order valence-corrected chi connectivity index (χ3v) is 3.13. The van der Waals surface area contributed by atoms with Crippen molar-refractivity contribution in [3.8, 4) is 0 Å². The van der Waals surface area contributed by atoms with E-state index in [1.807, 2.05) is 0 Å². The van der Waals surface area contributed by atoms with Gasteiger partial charge in [-0.2, -0.15) is 13.2 Å². The van der Waals surface area contributed by atoms with E-state index in [0.29, 0.717) is 6.07 Å². The van der Waals surface area contributed by atoms with Crippen molar-refractivity contribution >= 4 is 11.8 Å². The Morgan fingerprint density at radius 3 is 2.62 bits per heavy atom. The van der Waals surface area contributed by atoms with Gasteiger partial charge in [-0.05, 0) is 24.1 Å². The predicted molar refractivity (Wildman–Crippen MR) is 64.4 cm³/mol. The molecule has 0 saturated carbocycles. The van der Waals surface area contributed by atoms with Gasteiger partial charge in [0, 0.05) is 13.0 Å². The van der Waals surface area contributed by atoms with Gasteiger partial charge in [0.1, 0.15) is 5.82 Å². The van der Waals surface area contributed by atoms with E-state index in [1.54, 1.807) is 0 Å². The first-order valence-corrected chi connectivity index (χ1v) is 6.20. The fraction of sp³-hybridized carbons (Fsp3) is 0.385. The van der Waals surface area contributed by atoms with Crippen LogP contribution in [0, 0.1) is 5.82 Å². The summed E-state index contributed by atoms with van der Waals surface area (Å²) in [5.74, 6) is -2.23. The lowest BCUT2D eigenvalue weighted by Crippen LogP contribution is -2.50. The van der Waals surface area contributed by atoms with Gasteiger partial charge in [0.15, 0.2) is 0 Å². The molecule has 0 aliphatic carbocycles. The molecule has 2 rings (SSSR count). The zero-order valence-electron chi connectivity index (χ0n) is 10.8. The van der Waals surface area contributed by atoms with E-state index in [1.165, 1.54) is 6.07 Å². The molecule has 2 amide bonds. The SMILES string of the molecule is O=C1CCC(NCc2ccc(F)c(C(F)(F)F)c2)C(=O)N1. The molecule has 0 spiro atoms. The maximum atomic E-state index is 13.1. The van der Waals surface area contributed by atoms with Crippen molar-refractivity contribution in [3.05, 3.63) is 35.1 Å². The number of halogens is 4. The van der Waals surface area contributed by atoms with E-state index in [0.717, 1.165) is 6.07 Å². The van der Waals surface area contributed by atoms with Gasteiger partial charge in [-0.3, -0.25) is 14.9 Å². The minimum absolute atomic E-state index is 0.0321. The minimum Gasteiger partial charge on any atom is -0.302 e. The highest BCUT2D eigenvalue weighted by Gasteiger charge is 2.34. The predicted octanol–water partition coefficient (Wildman–Crippen LogP) is 1.74. The molecule has 1 aliphatic heterocycles. The number of imide groups is 1. The van der Waals surface area contributed by atoms with Gasteiger partial charge >= 0.3 is 6.18 Å². The maximum Gasteiger partial charge on any atom is 0.419 e. The van der Waals surface area contributed by atoms with Crippen LogP contribution in [0.2, 0.25) is 0 Å². The first kappa shape index (κ1) is 15.4. The second-order valence-electron chi connectivity index (χ2n) is 4.70. The third kappa shape index (κ3) is 3.78. The number of hydrogen-bond donors (Lipinski definition) is 2. The highest BCUT2D eigenvalue weighted by molar-refractivity contribution is 6.00. The molecule has 1 aliphatic rings. The Labute approximate surface area is 117 Å². The standard InChI is InChI=1S/C13H12F4N2O2/c14-9-2-1-7(5-8(9)13(15,16)17)6-18-10-3-4-11(20)19-12(10)21/h1-2,5,10,18H,3-4,6H2,(H,19,20,21). The van der Waals surface area contributed by atoms with Crippen molar-refractivity contribution in [2.45, 2.75) is 31.6 Å². The Morgan fingerprint density at radius 1 is 1.29 bits per heavy atom. The molecule has 2 N–H and O–H groups in total. The van der Waals surface area contributed by atoms with Gasteiger partial charge in [0.05, 0.1) is 11.6 Å². The second kappa shape index (κ2) is 5.80. The Kier molecular flexibility index (Phi) is 4.26. The van der Waals surface area contributed by atoms with E-state index in [2.05, 4.69) is 10.6 Å². The van der Waals surface area contributed by atoms with E-state index in [-0.39, 0.29) is 30.9 Å². The number of alkyl halides is 3. The van der Waals surface area contributed by atoms with Crippen LogP contribution < -0.4 is 10.6 Å². The number of benzene rings is 1. The van der Waals surface area contributed by atoms with Crippen molar-refractivity contribution in [1.82, 2.24) is 10.6 Å². The topological polar surface area (TPSA) is 58.2 Å². The van der Waals surface area contributed by atoms with Gasteiger partial charge in [0.2, 0.25) is 11.8 Å². The van der Waals surface area contributed by atoms with Gasteiger partial charge in [0.25, 0.3) is 0 Å². The summed E-state index contributed by atoms with van der Waals surface area (Å²) in [6.07, 6.45) is -4.33. The Bertz CT molecular complexity index is 572. The van der Waals surface area contributed by atoms with Crippen molar-refractivity contribution in [1.29, 1.82) is 0 Å². The maximum absolute atomic E-state index is 13.1. The molecule has 1 fully saturated rings. The highest BCUT2D eigenvalue weighted by Crippen LogP contribution is 2.31. The van der Waals surface area contributed by atoms with Crippen LogP contribution in [0.5, 0.6) is 0 Å². The van der Waals surface area contributed by atoms with Crippen LogP contribution in [0.25, 0.3) is 0 Å². The minimum atomic E-state index is -4.77. The smallest absolute Gasteiger partial charge is 0.302 e. The molecular weight excluding hydrogens is 292 g/mol. The zero-order valence-corrected chi connectivity index (χ0v) is 10.8. The van der Waals surface area contributed by atoms with E-state index >= 15 is 0 Å². The van der Waals surface area contributed by atoms with E-state index in [4.69, 9.17) is 0 Å². The van der Waals surface area contributed by atoms with Crippen molar-refractivity contribution in [3.63, 3.8) is 0 Å². The van der Waals surface area contributed by atoms with Crippen LogP contribution in [0.3, 0.4) is 0 Å². The first-order chi connectivity index (χ1) is 9.77. The summed E-state index contributed by atoms with van der Waals surface area (Å²) in [5.41, 5.74) is -1.14. The van der Waals surface area contributed by atoms with E-state index < -0.39 is 29.5 Å². The molecule has 114 valence electrons. The largest absolute Gasteiger partial charge is 0.419 e. The number of piperidine rings is 1. The molecule has 1 aromatic rings. The second-order valence-corrected chi connectivity index (χ2v) is 4.70. The van der Waals surface area contributed by atoms with Gasteiger partial charge in [-0.25, -0.2) is 4.39 Å². The fourth-order valence-electron chi connectivity index (χ4n) is 2.03. The average molecular weight is 304 g/mol. The number of carbonyl (C=O) groups is 2. The average Bonchev–Trinajstić information content (AvgIpc) is 2.38. The molecule has 0 bridgehead atoms. The summed E-state index contributed by atoms with van der Waals surface area (Å²) in [6, 6.07) is 2.00. The Morgan fingerprint density at radius 2 is 2.00 bits per heavy atom. The van der Waals surface area contributed by atoms with Gasteiger partial charge < -0.3 is 5.32 Å². The van der Waals surface area contributed by atoms with Crippen LogP contribution in [0.1, 0.15) is 24.0 Å². The van der Waals surface area contributed by atoms with Crippen LogP contribution >= 0.6 is 0 Å². The monoisotopic (exact) mass is 304 g/mol. The number of amides is 2. The zero-order chi connectivity index (χ0) is 15.6. The van der Waals surface area contributed by atoms with Crippen LogP contribution in [0.4, 0.5) is 17.6 Å². The Balaban J connectivity index is 2.04. The molecule has 1 heterocycles. The molecule has 1 saturated heterocycles. The summed E-state index contributed by atoms with van der Waals surface area (Å²) >= 11 is 0. The number of carbonyl (C=O) groups excluding carboxylic acids is 2. The summed E-state index contributed by atoms with van der Waals surface area (Å²) < 4.78 is 50.8. The summed E-state index contributed by atoms with van der Waals surface area (Å²) in [5, 5.41) is 4.88. The highest BCUT2D eigenvalue weighted by atomic mass is 19.4. The molecule has 0 aromatic heterocycles. The quantitative estimate of drug-likeness (QED) is 0.660. The van der Waals surface area contributed by atoms with Crippen LogP contribution in [-0.4, -0.2) is 17.9 Å². The fourth-order valence-corrected chi connectivity index (χ4v) is 2.03. The lowest BCUT2D eigenvalue weighted by Gasteiger charge is -2.22. The number of hydrogen-bond acceptors (Lipinski definition) is 3. The number of rotatable bonds is 3. The molecule has 0 radical (unpaired) electrons. The Hall–Kier alpha value is -1.96. The molecule has 21 heavy (non-hydrogen) atoms. The van der Waals surface area contributed by atoms with Crippen molar-refractivity contribution < 1.29 is 27.2 Å². The van der Waals surface area contributed by atoms with Gasteiger partial charge in [-0.1, -0.05) is 6.07 Å². The molecule has 8 heteroatoms. The summed E-state index contributed by atoms with van der Waals surface area (Å²) in [6.45, 7) is -0.0321. The van der Waals surface area contributed by atoms with Crippen molar-refractivity contribution in [2.75, 3.05) is 0 Å². The summed E-state index contributed by atoms with van der Waals surface area (Å²) in [7, 11) is 0. The molecule has 1 unspecified atom stereocenters. The summed E-state index contributed by atoms with van der Waals surface area (Å²) in [4.78, 5) is 22.4. The first-order valence-electron chi connectivity index (χ1n) is 6.20. The number of nitrogens with one attached hydrogen (secondary N) is 2. The normalized spacial score (nSPS) is 19.5. The van der Waals surface area contributed by atoms with Crippen molar-refractivity contribution in [2.24, 2.45) is 0 Å². The van der Waals surface area contributed by atoms with Crippen LogP contribution in [-0.2, 0) is 22.3 Å². The van der Waals surface area contributed by atoms with Gasteiger partial charge in [-0.15, -0.1) is 0 Å². The lowest BCUT2D eigenvalue weighted by atomic mass is 10.0. The third-order valence-electron chi connectivity index (χ3n) is 3.13. The lowest BCUT2D eigenvalue weighted by molar-refractivity contribution is -0.140. The molecule has 1 atom stereocenters. The molecular formula is C13H12F4N2O2. The van der Waals surface area contributed by atoms with E-state index in [9.17, 15) is 27.2 Å².